The van der Waals surface area contributed by atoms with Crippen molar-refractivity contribution < 1.29 is 38.5 Å². The third-order valence-electron chi connectivity index (χ3n) is 12.2. The lowest BCUT2D eigenvalue weighted by molar-refractivity contribution is -0.163. The van der Waals surface area contributed by atoms with Crippen LogP contribution in [0.2, 0.25) is 0 Å². The fourth-order valence-electron chi connectivity index (χ4n) is 8.21. The molecule has 0 aliphatic carbocycles. The number of esters is 3. The van der Waals surface area contributed by atoms with Gasteiger partial charge in [-0.3, -0.25) is 9.59 Å². The van der Waals surface area contributed by atoms with Gasteiger partial charge >= 0.3 is 23.9 Å². The molecule has 0 aliphatic heterocycles. The Kier molecular flexibility index (Phi) is 40.8. The zero-order chi connectivity index (χ0) is 47.5. The highest BCUT2D eigenvalue weighted by molar-refractivity contribution is 6.03. The van der Waals surface area contributed by atoms with E-state index < -0.39 is 17.9 Å². The van der Waals surface area contributed by atoms with Crippen LogP contribution in [-0.4, -0.2) is 47.8 Å². The molecule has 372 valence electrons. The Hall–Kier alpha value is -2.90. The first-order valence-electron chi connectivity index (χ1n) is 26.8. The monoisotopic (exact) mass is 901 g/mol. The standard InChI is InChI=1S/C30H58O4.C26H42O4/c1-4-7-10-13-15-17-22-27-30(25-20-12-9-6-3,26-21-16-14-11-8-5-2)34-29(33)24-19-18-23-28(31)32;1-21(2)15-9-5-7-13-19-29-25(27)23-17-11-12-18-24(23)26(28)30-20-14-8-6-10-16-22(3)4/h4-27H2,1-3H3,(H,31,32);11-12,17-18,21-22H,5-10,13-16,19-20H2,1-4H3. The molecule has 0 heterocycles. The number of rotatable bonds is 42. The summed E-state index contributed by atoms with van der Waals surface area (Å²) in [5.74, 6) is -0.319. The normalized spacial score (nSPS) is 12.1. The van der Waals surface area contributed by atoms with Crippen LogP contribution in [0.25, 0.3) is 0 Å². The van der Waals surface area contributed by atoms with E-state index in [9.17, 15) is 19.2 Å². The fourth-order valence-corrected chi connectivity index (χ4v) is 8.21. The van der Waals surface area contributed by atoms with Gasteiger partial charge in [-0.05, 0) is 88.2 Å². The van der Waals surface area contributed by atoms with Crippen LogP contribution in [0.4, 0.5) is 0 Å². The molecule has 1 unspecified atom stereocenters. The van der Waals surface area contributed by atoms with Crippen molar-refractivity contribution in [2.24, 2.45) is 11.8 Å². The van der Waals surface area contributed by atoms with Crippen molar-refractivity contribution in [2.75, 3.05) is 13.2 Å². The van der Waals surface area contributed by atoms with Crippen LogP contribution in [0, 0.1) is 11.8 Å². The van der Waals surface area contributed by atoms with Gasteiger partial charge in [0.2, 0.25) is 0 Å². The minimum atomic E-state index is -0.791. The number of unbranched alkanes of at least 4 members (excludes halogenated alkanes) is 21. The van der Waals surface area contributed by atoms with E-state index in [1.54, 1.807) is 24.3 Å². The summed E-state index contributed by atoms with van der Waals surface area (Å²) in [5, 5.41) is 8.85. The molecule has 1 rings (SSSR count). The first kappa shape index (κ1) is 61.1. The third-order valence-corrected chi connectivity index (χ3v) is 12.2. The molecule has 64 heavy (non-hydrogen) atoms. The van der Waals surface area contributed by atoms with Crippen molar-refractivity contribution >= 4 is 23.9 Å². The van der Waals surface area contributed by atoms with Gasteiger partial charge in [0, 0.05) is 12.8 Å². The van der Waals surface area contributed by atoms with Crippen molar-refractivity contribution in [3.8, 4) is 0 Å². The number of aliphatic carboxylic acids is 1. The number of carboxylic acid groups (broad SMARTS) is 1. The Balaban J connectivity index is 0.00000125. The number of hydrogen-bond acceptors (Lipinski definition) is 7. The van der Waals surface area contributed by atoms with E-state index in [1.807, 2.05) is 0 Å². The maximum absolute atomic E-state index is 12.8. The highest BCUT2D eigenvalue weighted by atomic mass is 16.6. The van der Waals surface area contributed by atoms with Gasteiger partial charge in [-0.1, -0.05) is 202 Å². The molecule has 0 aliphatic rings. The van der Waals surface area contributed by atoms with Crippen molar-refractivity contribution in [1.82, 2.24) is 0 Å². The molecule has 0 spiro atoms. The van der Waals surface area contributed by atoms with Gasteiger partial charge < -0.3 is 19.3 Å². The van der Waals surface area contributed by atoms with Crippen LogP contribution in [0.1, 0.15) is 287 Å². The average Bonchev–Trinajstić information content (AvgIpc) is 3.26. The van der Waals surface area contributed by atoms with Crippen molar-refractivity contribution in [1.29, 1.82) is 0 Å². The second-order valence-electron chi connectivity index (χ2n) is 19.5. The largest absolute Gasteiger partial charge is 0.481 e. The van der Waals surface area contributed by atoms with Crippen LogP contribution in [0.5, 0.6) is 0 Å². The topological polar surface area (TPSA) is 116 Å². The van der Waals surface area contributed by atoms with Gasteiger partial charge in [0.25, 0.3) is 0 Å². The molecule has 0 aromatic heterocycles. The van der Waals surface area contributed by atoms with E-state index in [1.165, 1.54) is 116 Å². The van der Waals surface area contributed by atoms with Gasteiger partial charge in [0.1, 0.15) is 5.60 Å². The predicted octanol–water partition coefficient (Wildman–Crippen LogP) is 17.0. The van der Waals surface area contributed by atoms with E-state index in [-0.39, 0.29) is 18.0 Å². The van der Waals surface area contributed by atoms with Gasteiger partial charge in [0.15, 0.2) is 0 Å². The molecular formula is C56H100O8. The van der Waals surface area contributed by atoms with E-state index in [4.69, 9.17) is 19.3 Å². The smallest absolute Gasteiger partial charge is 0.339 e. The Morgan fingerprint density at radius 2 is 0.812 bits per heavy atom. The molecule has 1 atom stereocenters. The minimum absolute atomic E-state index is 0.116. The maximum atomic E-state index is 12.8. The molecule has 0 fully saturated rings. The summed E-state index contributed by atoms with van der Waals surface area (Å²) in [6.07, 6.45) is 36.9. The summed E-state index contributed by atoms with van der Waals surface area (Å²) < 4.78 is 17.1. The molecular weight excluding hydrogens is 801 g/mol. The summed E-state index contributed by atoms with van der Waals surface area (Å²) >= 11 is 0. The van der Waals surface area contributed by atoms with E-state index in [0.29, 0.717) is 43.6 Å². The van der Waals surface area contributed by atoms with E-state index in [0.717, 1.165) is 88.9 Å². The highest BCUT2D eigenvalue weighted by Gasteiger charge is 2.33. The Morgan fingerprint density at radius 3 is 1.20 bits per heavy atom. The van der Waals surface area contributed by atoms with Crippen LogP contribution in [-0.2, 0) is 23.8 Å². The molecule has 0 saturated carbocycles. The van der Waals surface area contributed by atoms with Crippen LogP contribution in [0.15, 0.2) is 24.3 Å². The quantitative estimate of drug-likeness (QED) is 0.0392. The molecule has 1 N–H and O–H groups in total. The van der Waals surface area contributed by atoms with Gasteiger partial charge in [0.05, 0.1) is 24.3 Å². The summed E-state index contributed by atoms with van der Waals surface area (Å²) in [5.41, 5.74) is 0.268. The SMILES string of the molecule is CC(C)CCCCCCOC(=O)c1ccccc1C(=O)OCCCCCCC(C)C.CCCCCCCCCC(CCCCCC)(CCCCCCCC)OC(=O)CCCCC(=O)O. The Bertz CT molecular complexity index is 1220. The number of benzene rings is 1. The van der Waals surface area contributed by atoms with Crippen LogP contribution in [0.3, 0.4) is 0 Å². The number of hydrogen-bond donors (Lipinski definition) is 1. The first-order chi connectivity index (χ1) is 30.9. The summed E-state index contributed by atoms with van der Waals surface area (Å²) in [6, 6.07) is 6.75. The molecule has 0 radical (unpaired) electrons. The average molecular weight is 901 g/mol. The lowest BCUT2D eigenvalue weighted by Crippen LogP contribution is -2.35. The van der Waals surface area contributed by atoms with Crippen molar-refractivity contribution in [2.45, 2.75) is 272 Å². The fraction of sp³-hybridized carbons (Fsp3) is 0.821. The maximum Gasteiger partial charge on any atom is 0.339 e. The molecule has 0 bridgehead atoms. The lowest BCUT2D eigenvalue weighted by Gasteiger charge is -2.34. The lowest BCUT2D eigenvalue weighted by atomic mass is 9.84. The zero-order valence-corrected chi connectivity index (χ0v) is 42.7. The Morgan fingerprint density at radius 1 is 0.469 bits per heavy atom. The first-order valence-corrected chi connectivity index (χ1v) is 26.8. The summed E-state index contributed by atoms with van der Waals surface area (Å²) in [7, 11) is 0. The molecule has 8 nitrogen and oxygen atoms in total. The van der Waals surface area contributed by atoms with Gasteiger partial charge in [-0.2, -0.15) is 0 Å². The van der Waals surface area contributed by atoms with Gasteiger partial charge in [-0.15, -0.1) is 0 Å². The van der Waals surface area contributed by atoms with E-state index >= 15 is 0 Å². The van der Waals surface area contributed by atoms with Gasteiger partial charge in [-0.25, -0.2) is 9.59 Å². The molecule has 8 heteroatoms. The zero-order valence-electron chi connectivity index (χ0n) is 42.7. The second kappa shape index (κ2) is 42.7. The number of carbonyl (C=O) groups is 4. The van der Waals surface area contributed by atoms with E-state index in [2.05, 4.69) is 48.5 Å². The number of carbonyl (C=O) groups excluding carboxylic acids is 3. The van der Waals surface area contributed by atoms with Crippen LogP contribution >= 0.6 is 0 Å². The molecule has 1 aromatic rings. The van der Waals surface area contributed by atoms with Crippen LogP contribution < -0.4 is 0 Å². The Labute approximate surface area is 393 Å². The molecule has 0 amide bonds. The highest BCUT2D eigenvalue weighted by Crippen LogP contribution is 2.34. The molecule has 0 saturated heterocycles. The summed E-state index contributed by atoms with van der Waals surface area (Å²) in [6.45, 7) is 16.5. The molecule has 1 aromatic carbocycles. The number of ether oxygens (including phenoxy) is 3. The minimum Gasteiger partial charge on any atom is -0.481 e. The predicted molar refractivity (Wildman–Crippen MR) is 267 cm³/mol. The third kappa shape index (κ3) is 36.3. The van der Waals surface area contributed by atoms with Crippen molar-refractivity contribution in [3.63, 3.8) is 0 Å². The van der Waals surface area contributed by atoms with Crippen molar-refractivity contribution in [3.05, 3.63) is 35.4 Å². The second-order valence-corrected chi connectivity index (χ2v) is 19.5. The number of carboxylic acids is 1. The summed E-state index contributed by atoms with van der Waals surface area (Å²) in [4.78, 5) is 48.4.